The van der Waals surface area contributed by atoms with Gasteiger partial charge in [0.05, 0.1) is 6.61 Å². The molecule has 0 aromatic heterocycles. The first-order chi connectivity index (χ1) is 7.11. The standard InChI is InChI=1S/C12H28N2O/c1-6-14(7-8-15-5)12(4)10-13-9-11(2)3/h11-13H,6-10H2,1-5H3. The van der Waals surface area contributed by atoms with Crippen LogP contribution in [-0.4, -0.2) is 50.8 Å². The minimum absolute atomic E-state index is 0.587. The van der Waals surface area contributed by atoms with Gasteiger partial charge in [0.25, 0.3) is 0 Å². The lowest BCUT2D eigenvalue weighted by atomic mass is 10.2. The van der Waals surface area contributed by atoms with E-state index in [-0.39, 0.29) is 0 Å². The van der Waals surface area contributed by atoms with E-state index >= 15 is 0 Å². The highest BCUT2D eigenvalue weighted by Crippen LogP contribution is 1.98. The summed E-state index contributed by atoms with van der Waals surface area (Å²) >= 11 is 0. The Morgan fingerprint density at radius 1 is 1.20 bits per heavy atom. The minimum Gasteiger partial charge on any atom is -0.383 e. The topological polar surface area (TPSA) is 24.5 Å². The Labute approximate surface area is 95.2 Å². The molecule has 1 atom stereocenters. The molecule has 15 heavy (non-hydrogen) atoms. The number of hydrogen-bond acceptors (Lipinski definition) is 3. The number of nitrogens with zero attached hydrogens (tertiary/aromatic N) is 1. The van der Waals surface area contributed by atoms with Crippen molar-refractivity contribution in [2.24, 2.45) is 5.92 Å². The number of methoxy groups -OCH3 is 1. The van der Waals surface area contributed by atoms with Gasteiger partial charge < -0.3 is 10.1 Å². The second-order valence-electron chi connectivity index (χ2n) is 4.52. The molecule has 0 radical (unpaired) electrons. The molecule has 0 aliphatic rings. The van der Waals surface area contributed by atoms with Crippen LogP contribution in [0.4, 0.5) is 0 Å². The first kappa shape index (κ1) is 14.9. The minimum atomic E-state index is 0.587. The molecule has 1 unspecified atom stereocenters. The molecular formula is C12H28N2O. The van der Waals surface area contributed by atoms with Gasteiger partial charge in [-0.3, -0.25) is 4.90 Å². The van der Waals surface area contributed by atoms with Gasteiger partial charge >= 0.3 is 0 Å². The van der Waals surface area contributed by atoms with Crippen LogP contribution in [-0.2, 0) is 4.74 Å². The van der Waals surface area contributed by atoms with Gasteiger partial charge in [-0.25, -0.2) is 0 Å². The molecule has 3 nitrogen and oxygen atoms in total. The fraction of sp³-hybridized carbons (Fsp3) is 1.00. The Kier molecular flexibility index (Phi) is 9.06. The molecule has 1 N–H and O–H groups in total. The van der Waals surface area contributed by atoms with Gasteiger partial charge in [-0.05, 0) is 25.9 Å². The zero-order chi connectivity index (χ0) is 11.7. The SMILES string of the molecule is CCN(CCOC)C(C)CNCC(C)C. The first-order valence-corrected chi connectivity index (χ1v) is 6.05. The lowest BCUT2D eigenvalue weighted by Crippen LogP contribution is -2.42. The Bertz CT molecular complexity index is 140. The molecule has 92 valence electrons. The molecule has 0 saturated heterocycles. The van der Waals surface area contributed by atoms with Crippen molar-refractivity contribution in [2.45, 2.75) is 33.7 Å². The zero-order valence-electron chi connectivity index (χ0n) is 11.0. The van der Waals surface area contributed by atoms with E-state index < -0.39 is 0 Å². The van der Waals surface area contributed by atoms with Crippen LogP contribution in [0.2, 0.25) is 0 Å². The number of hydrogen-bond donors (Lipinski definition) is 1. The molecule has 0 aromatic rings. The third-order valence-electron chi connectivity index (χ3n) is 2.60. The number of ether oxygens (including phenoxy) is 1. The molecule has 0 aromatic carbocycles. The first-order valence-electron chi connectivity index (χ1n) is 6.05. The average Bonchev–Trinajstić information content (AvgIpc) is 2.18. The van der Waals surface area contributed by atoms with Crippen molar-refractivity contribution in [3.8, 4) is 0 Å². The smallest absolute Gasteiger partial charge is 0.0589 e. The van der Waals surface area contributed by atoms with E-state index in [9.17, 15) is 0 Å². The Morgan fingerprint density at radius 2 is 1.87 bits per heavy atom. The quantitative estimate of drug-likeness (QED) is 0.633. The second kappa shape index (κ2) is 9.13. The summed E-state index contributed by atoms with van der Waals surface area (Å²) in [5, 5.41) is 3.49. The van der Waals surface area contributed by atoms with Gasteiger partial charge in [0, 0.05) is 26.2 Å². The lowest BCUT2D eigenvalue weighted by Gasteiger charge is -2.28. The second-order valence-corrected chi connectivity index (χ2v) is 4.52. The predicted octanol–water partition coefficient (Wildman–Crippen LogP) is 1.59. The molecule has 0 rings (SSSR count). The van der Waals surface area contributed by atoms with Crippen LogP contribution >= 0.6 is 0 Å². The fourth-order valence-corrected chi connectivity index (χ4v) is 1.61. The van der Waals surface area contributed by atoms with E-state index in [4.69, 9.17) is 4.74 Å². The molecule has 3 heteroatoms. The summed E-state index contributed by atoms with van der Waals surface area (Å²) in [5.74, 6) is 0.728. The van der Waals surface area contributed by atoms with Gasteiger partial charge in [-0.15, -0.1) is 0 Å². The van der Waals surface area contributed by atoms with Crippen LogP contribution < -0.4 is 5.32 Å². The van der Waals surface area contributed by atoms with Gasteiger partial charge in [0.1, 0.15) is 0 Å². The van der Waals surface area contributed by atoms with Crippen LogP contribution in [0.3, 0.4) is 0 Å². The van der Waals surface area contributed by atoms with Gasteiger partial charge in [-0.1, -0.05) is 20.8 Å². The average molecular weight is 216 g/mol. The van der Waals surface area contributed by atoms with Crippen molar-refractivity contribution in [2.75, 3.05) is 39.9 Å². The molecule has 0 saturated carbocycles. The van der Waals surface area contributed by atoms with Crippen LogP contribution in [0.5, 0.6) is 0 Å². The Balaban J connectivity index is 3.67. The van der Waals surface area contributed by atoms with Crippen molar-refractivity contribution < 1.29 is 4.74 Å². The fourth-order valence-electron chi connectivity index (χ4n) is 1.61. The number of nitrogens with one attached hydrogen (secondary N) is 1. The normalized spacial score (nSPS) is 13.8. The third kappa shape index (κ3) is 7.77. The molecule has 0 amide bonds. The van der Waals surface area contributed by atoms with Crippen LogP contribution in [0.1, 0.15) is 27.7 Å². The summed E-state index contributed by atoms with van der Waals surface area (Å²) in [5.41, 5.74) is 0. The number of rotatable bonds is 9. The highest BCUT2D eigenvalue weighted by atomic mass is 16.5. The maximum absolute atomic E-state index is 5.10. The molecule has 0 heterocycles. The maximum atomic E-state index is 5.10. The van der Waals surface area contributed by atoms with Gasteiger partial charge in [0.15, 0.2) is 0 Å². The molecule has 0 fully saturated rings. The van der Waals surface area contributed by atoms with Crippen LogP contribution in [0, 0.1) is 5.92 Å². The highest BCUT2D eigenvalue weighted by Gasteiger charge is 2.10. The molecular weight excluding hydrogens is 188 g/mol. The van der Waals surface area contributed by atoms with E-state index in [1.807, 2.05) is 0 Å². The van der Waals surface area contributed by atoms with E-state index in [0.29, 0.717) is 6.04 Å². The van der Waals surface area contributed by atoms with Crippen molar-refractivity contribution in [1.82, 2.24) is 10.2 Å². The summed E-state index contributed by atoms with van der Waals surface area (Å²) in [6.07, 6.45) is 0. The molecule has 0 bridgehead atoms. The van der Waals surface area contributed by atoms with E-state index in [1.165, 1.54) is 0 Å². The lowest BCUT2D eigenvalue weighted by molar-refractivity contribution is 0.127. The van der Waals surface area contributed by atoms with Crippen LogP contribution in [0.25, 0.3) is 0 Å². The van der Waals surface area contributed by atoms with Gasteiger partial charge in [-0.2, -0.15) is 0 Å². The summed E-state index contributed by atoms with van der Waals surface area (Å²) in [6, 6.07) is 0.587. The maximum Gasteiger partial charge on any atom is 0.0589 e. The van der Waals surface area contributed by atoms with Gasteiger partial charge in [0.2, 0.25) is 0 Å². The largest absolute Gasteiger partial charge is 0.383 e. The van der Waals surface area contributed by atoms with E-state index in [0.717, 1.165) is 38.7 Å². The summed E-state index contributed by atoms with van der Waals surface area (Å²) in [6.45, 7) is 14.1. The van der Waals surface area contributed by atoms with E-state index in [1.54, 1.807) is 7.11 Å². The summed E-state index contributed by atoms with van der Waals surface area (Å²) in [7, 11) is 1.76. The van der Waals surface area contributed by atoms with Crippen molar-refractivity contribution >= 4 is 0 Å². The highest BCUT2D eigenvalue weighted by molar-refractivity contribution is 4.68. The van der Waals surface area contributed by atoms with Crippen molar-refractivity contribution in [1.29, 1.82) is 0 Å². The third-order valence-corrected chi connectivity index (χ3v) is 2.60. The molecule has 0 aliphatic carbocycles. The molecule has 0 aliphatic heterocycles. The van der Waals surface area contributed by atoms with Crippen molar-refractivity contribution in [3.05, 3.63) is 0 Å². The zero-order valence-corrected chi connectivity index (χ0v) is 11.0. The molecule has 0 spiro atoms. The Morgan fingerprint density at radius 3 is 2.33 bits per heavy atom. The van der Waals surface area contributed by atoms with Crippen molar-refractivity contribution in [3.63, 3.8) is 0 Å². The Hall–Kier alpha value is -0.120. The van der Waals surface area contributed by atoms with Crippen LogP contribution in [0.15, 0.2) is 0 Å². The monoisotopic (exact) mass is 216 g/mol. The number of likely N-dealkylation sites (N-methyl/N-ethyl adjacent to an activating group) is 1. The summed E-state index contributed by atoms with van der Waals surface area (Å²) in [4.78, 5) is 2.44. The summed E-state index contributed by atoms with van der Waals surface area (Å²) < 4.78 is 5.10. The van der Waals surface area contributed by atoms with E-state index in [2.05, 4.69) is 37.9 Å². The predicted molar refractivity (Wildman–Crippen MR) is 66.3 cm³/mol.